The van der Waals surface area contributed by atoms with Gasteiger partial charge in [-0.1, -0.05) is 46.3 Å². The molecule has 0 saturated carbocycles. The summed E-state index contributed by atoms with van der Waals surface area (Å²) >= 11 is 7.88. The van der Waals surface area contributed by atoms with E-state index in [9.17, 15) is 0 Å². The van der Waals surface area contributed by atoms with Crippen LogP contribution in [0, 0.1) is 11.3 Å². The summed E-state index contributed by atoms with van der Waals surface area (Å²) in [6, 6.07) is 9.40. The van der Waals surface area contributed by atoms with Crippen LogP contribution in [0.3, 0.4) is 0 Å². The lowest BCUT2D eigenvalue weighted by Crippen LogP contribution is -1.99. The highest BCUT2D eigenvalue weighted by atomic mass is 127. The van der Waals surface area contributed by atoms with Crippen molar-refractivity contribution in [1.82, 2.24) is 0 Å². The van der Waals surface area contributed by atoms with E-state index in [0.29, 0.717) is 11.4 Å². The third kappa shape index (κ3) is 5.36. The molecule has 0 radical (unpaired) electrons. The number of hydrogen-bond donors (Lipinski definition) is 0. The minimum atomic E-state index is -0.151. The molecule has 2 nitrogen and oxygen atoms in total. The number of ether oxygens (including phenoxy) is 1. The average molecular weight is 338 g/mol. The van der Waals surface area contributed by atoms with Crippen LogP contribution in [0.15, 0.2) is 24.3 Å². The Hall–Kier alpha value is -0.310. The Labute approximate surface area is 109 Å². The van der Waals surface area contributed by atoms with E-state index in [1.165, 1.54) is 0 Å². The van der Waals surface area contributed by atoms with E-state index in [1.54, 1.807) is 19.2 Å². The number of nitriles is 1. The zero-order valence-electron chi connectivity index (χ0n) is 8.71. The zero-order chi connectivity index (χ0) is 11.7. The summed E-state index contributed by atoms with van der Waals surface area (Å²) in [4.78, 5) is 1.97. The molecule has 4 heteroatoms. The molecule has 82 valence electrons. The molecule has 0 aliphatic rings. The molecule has 1 aromatic rings. The molecule has 1 atom stereocenters. The largest absolute Gasteiger partial charge is 0.376 e. The van der Waals surface area contributed by atoms with Gasteiger partial charge in [0.25, 0.3) is 0 Å². The van der Waals surface area contributed by atoms with Gasteiger partial charge in [-0.15, -0.1) is 0 Å². The fourth-order valence-corrected chi connectivity index (χ4v) is 1.22. The molecule has 1 aromatic carbocycles. The van der Waals surface area contributed by atoms with Crippen molar-refractivity contribution < 1.29 is 4.74 Å². The van der Waals surface area contributed by atoms with Gasteiger partial charge >= 0.3 is 0 Å². The second-order valence-corrected chi connectivity index (χ2v) is 3.07. The van der Waals surface area contributed by atoms with Crippen molar-refractivity contribution >= 4 is 34.2 Å². The fraction of sp³-hybridized carbons (Fsp3) is 0.364. The van der Waals surface area contributed by atoms with Crippen molar-refractivity contribution in [1.29, 1.82) is 5.26 Å². The van der Waals surface area contributed by atoms with Crippen molar-refractivity contribution in [2.24, 2.45) is 0 Å². The first-order chi connectivity index (χ1) is 7.27. The minimum absolute atomic E-state index is 0.151. The molecular formula is C11H13ClINO. The van der Waals surface area contributed by atoms with Crippen LogP contribution in [-0.4, -0.2) is 12.0 Å². The Morgan fingerprint density at radius 3 is 2.33 bits per heavy atom. The summed E-state index contributed by atoms with van der Waals surface area (Å²) in [5.41, 5.74) is 0.980. The monoisotopic (exact) mass is 337 g/mol. The smallest absolute Gasteiger partial charge is 0.0950 e. The molecule has 0 heterocycles. The van der Waals surface area contributed by atoms with Crippen LogP contribution in [0.5, 0.6) is 0 Å². The van der Waals surface area contributed by atoms with Gasteiger partial charge in [0.15, 0.2) is 0 Å². The van der Waals surface area contributed by atoms with Crippen molar-refractivity contribution in [3.8, 4) is 6.07 Å². The Kier molecular flexibility index (Phi) is 8.77. The number of benzene rings is 1. The molecule has 0 aliphatic carbocycles. The maximum atomic E-state index is 8.53. The number of hydrogen-bond acceptors (Lipinski definition) is 2. The lowest BCUT2D eigenvalue weighted by molar-refractivity contribution is 0.107. The lowest BCUT2D eigenvalue weighted by atomic mass is 10.1. The van der Waals surface area contributed by atoms with Crippen LogP contribution >= 0.6 is 34.2 Å². The van der Waals surface area contributed by atoms with E-state index in [1.807, 2.05) is 17.1 Å². The minimum Gasteiger partial charge on any atom is -0.376 e. The molecule has 0 fully saturated rings. The number of nitrogens with zero attached hydrogens (tertiary/aromatic N) is 1. The quantitative estimate of drug-likeness (QED) is 0.617. The third-order valence-corrected chi connectivity index (χ3v) is 2.05. The number of halogens is 2. The summed E-state index contributed by atoms with van der Waals surface area (Å²) in [5, 5.41) is 9.22. The van der Waals surface area contributed by atoms with Gasteiger partial charge in [-0.25, -0.2) is 0 Å². The highest BCUT2D eigenvalue weighted by Gasteiger charge is 2.08. The normalized spacial score (nSPS) is 10.9. The number of alkyl halides is 1. The van der Waals surface area contributed by atoms with Crippen molar-refractivity contribution in [2.75, 3.05) is 12.0 Å². The van der Waals surface area contributed by atoms with E-state index in [0.717, 1.165) is 5.56 Å². The SMILES string of the molecule is CI.COC(CC#N)c1ccc(Cl)cc1. The Morgan fingerprint density at radius 1 is 1.40 bits per heavy atom. The Morgan fingerprint density at radius 2 is 1.93 bits per heavy atom. The predicted octanol–water partition coefficient (Wildman–Crippen LogP) is 3.99. The van der Waals surface area contributed by atoms with Crippen LogP contribution in [0.1, 0.15) is 18.1 Å². The molecule has 0 saturated heterocycles. The summed E-state index contributed by atoms with van der Waals surface area (Å²) in [5.74, 6) is 0. The molecule has 0 amide bonds. The lowest BCUT2D eigenvalue weighted by Gasteiger charge is -2.11. The van der Waals surface area contributed by atoms with E-state index in [-0.39, 0.29) is 6.10 Å². The van der Waals surface area contributed by atoms with Crippen LogP contribution in [0.4, 0.5) is 0 Å². The fourth-order valence-electron chi connectivity index (χ4n) is 1.10. The van der Waals surface area contributed by atoms with E-state index >= 15 is 0 Å². The third-order valence-electron chi connectivity index (χ3n) is 1.80. The highest BCUT2D eigenvalue weighted by Crippen LogP contribution is 2.21. The summed E-state index contributed by atoms with van der Waals surface area (Å²) in [6.45, 7) is 0. The Bertz CT molecular complexity index is 307. The van der Waals surface area contributed by atoms with Crippen molar-refractivity contribution in [2.45, 2.75) is 12.5 Å². The van der Waals surface area contributed by atoms with Gasteiger partial charge in [0, 0.05) is 12.1 Å². The highest BCUT2D eigenvalue weighted by molar-refractivity contribution is 14.1. The van der Waals surface area contributed by atoms with Gasteiger partial charge in [0.2, 0.25) is 0 Å². The molecule has 0 aliphatic heterocycles. The second kappa shape index (κ2) is 8.96. The van der Waals surface area contributed by atoms with Crippen molar-refractivity contribution in [3.05, 3.63) is 34.9 Å². The molecule has 0 bridgehead atoms. The zero-order valence-corrected chi connectivity index (χ0v) is 11.6. The summed E-state index contributed by atoms with van der Waals surface area (Å²) < 4.78 is 5.15. The van der Waals surface area contributed by atoms with Gasteiger partial charge in [-0.3, -0.25) is 0 Å². The molecular weight excluding hydrogens is 324 g/mol. The molecule has 1 rings (SSSR count). The van der Waals surface area contributed by atoms with Crippen molar-refractivity contribution in [3.63, 3.8) is 0 Å². The number of rotatable bonds is 3. The van der Waals surface area contributed by atoms with Gasteiger partial charge in [-0.2, -0.15) is 5.26 Å². The molecule has 15 heavy (non-hydrogen) atoms. The Balaban J connectivity index is 0.000000921. The first-order valence-corrected chi connectivity index (χ1v) is 6.84. The van der Waals surface area contributed by atoms with E-state index < -0.39 is 0 Å². The van der Waals surface area contributed by atoms with Gasteiger partial charge in [0.1, 0.15) is 0 Å². The summed E-state index contributed by atoms with van der Waals surface area (Å²) in [6.07, 6.45) is 0.209. The van der Waals surface area contributed by atoms with Gasteiger partial charge in [0.05, 0.1) is 18.6 Å². The predicted molar refractivity (Wildman–Crippen MR) is 71.4 cm³/mol. The maximum absolute atomic E-state index is 8.53. The summed E-state index contributed by atoms with van der Waals surface area (Å²) in [7, 11) is 1.59. The van der Waals surface area contributed by atoms with E-state index in [4.69, 9.17) is 21.6 Å². The van der Waals surface area contributed by atoms with E-state index in [2.05, 4.69) is 28.7 Å². The average Bonchev–Trinajstić information content (AvgIpc) is 2.30. The topological polar surface area (TPSA) is 33.0 Å². The second-order valence-electron chi connectivity index (χ2n) is 2.64. The van der Waals surface area contributed by atoms with Crippen LogP contribution in [0.2, 0.25) is 5.02 Å². The standard InChI is InChI=1S/C10H10ClNO.CH3I/c1-13-10(6-7-12)8-2-4-9(11)5-3-8;1-2/h2-5,10H,6H2,1H3;1H3. The first-order valence-electron chi connectivity index (χ1n) is 4.31. The van der Waals surface area contributed by atoms with Crippen LogP contribution in [0.25, 0.3) is 0 Å². The number of methoxy groups -OCH3 is 1. The maximum Gasteiger partial charge on any atom is 0.0950 e. The molecule has 1 unspecified atom stereocenters. The van der Waals surface area contributed by atoms with Crippen LogP contribution < -0.4 is 0 Å². The molecule has 0 N–H and O–H groups in total. The first kappa shape index (κ1) is 14.7. The van der Waals surface area contributed by atoms with Gasteiger partial charge < -0.3 is 4.74 Å². The van der Waals surface area contributed by atoms with Gasteiger partial charge in [-0.05, 0) is 22.6 Å². The molecule has 0 spiro atoms. The van der Waals surface area contributed by atoms with Crippen LogP contribution in [-0.2, 0) is 4.74 Å². The molecule has 0 aromatic heterocycles.